The number of anilines is 2. The third-order valence-corrected chi connectivity index (χ3v) is 4.53. The van der Waals surface area contributed by atoms with E-state index in [1.807, 2.05) is 24.3 Å². The van der Waals surface area contributed by atoms with Crippen LogP contribution in [-0.2, 0) is 0 Å². The fourth-order valence-electron chi connectivity index (χ4n) is 3.21. The van der Waals surface area contributed by atoms with Gasteiger partial charge in [0.2, 0.25) is 0 Å². The van der Waals surface area contributed by atoms with Crippen LogP contribution in [0.25, 0.3) is 0 Å². The predicted octanol–water partition coefficient (Wildman–Crippen LogP) is 4.77. The molecule has 1 saturated heterocycles. The van der Waals surface area contributed by atoms with Gasteiger partial charge in [-0.15, -0.1) is 0 Å². The third kappa shape index (κ3) is 5.09. The monoisotopic (exact) mass is 375 g/mol. The highest BCUT2D eigenvalue weighted by Crippen LogP contribution is 2.28. The number of hydrogen-bond acceptors (Lipinski definition) is 3. The number of amides is 2. The van der Waals surface area contributed by atoms with Crippen LogP contribution in [0.4, 0.5) is 25.0 Å². The normalized spacial score (nSPS) is 14.9. The molecule has 1 fully saturated rings. The molecule has 0 bridgehead atoms. The molecule has 2 aromatic rings. The van der Waals surface area contributed by atoms with Crippen LogP contribution in [0, 0.1) is 0 Å². The number of para-hydroxylation sites is 2. The van der Waals surface area contributed by atoms with Crippen molar-refractivity contribution in [3.8, 4) is 5.75 Å². The lowest BCUT2D eigenvalue weighted by Crippen LogP contribution is -2.32. The van der Waals surface area contributed by atoms with Gasteiger partial charge in [-0.1, -0.05) is 24.3 Å². The average Bonchev–Trinajstić information content (AvgIpc) is 3.16. The smallest absolute Gasteiger partial charge is 0.387 e. The molecule has 1 unspecified atom stereocenters. The molecule has 2 N–H and O–H groups in total. The quantitative estimate of drug-likeness (QED) is 0.765. The van der Waals surface area contributed by atoms with Gasteiger partial charge in [0.1, 0.15) is 5.75 Å². The third-order valence-electron chi connectivity index (χ3n) is 4.53. The summed E-state index contributed by atoms with van der Waals surface area (Å²) in [7, 11) is 0. The highest BCUT2D eigenvalue weighted by atomic mass is 19.3. The van der Waals surface area contributed by atoms with E-state index in [-0.39, 0.29) is 17.8 Å². The van der Waals surface area contributed by atoms with Crippen LogP contribution in [0.3, 0.4) is 0 Å². The molecule has 1 aliphatic rings. The van der Waals surface area contributed by atoms with Gasteiger partial charge >= 0.3 is 12.6 Å². The number of halogens is 2. The molecule has 1 atom stereocenters. The zero-order chi connectivity index (χ0) is 19.2. The van der Waals surface area contributed by atoms with Crippen molar-refractivity contribution in [1.29, 1.82) is 0 Å². The molecular weight excluding hydrogens is 352 g/mol. The van der Waals surface area contributed by atoms with Crippen molar-refractivity contribution >= 4 is 17.4 Å². The molecule has 1 heterocycles. The van der Waals surface area contributed by atoms with E-state index in [1.54, 1.807) is 19.1 Å². The van der Waals surface area contributed by atoms with Crippen molar-refractivity contribution < 1.29 is 18.3 Å². The molecule has 0 spiro atoms. The molecule has 2 aromatic carbocycles. The Morgan fingerprint density at radius 3 is 2.59 bits per heavy atom. The van der Waals surface area contributed by atoms with E-state index in [0.717, 1.165) is 37.3 Å². The maximum atomic E-state index is 12.4. The first-order valence-electron chi connectivity index (χ1n) is 8.99. The lowest BCUT2D eigenvalue weighted by molar-refractivity contribution is -0.0499. The number of nitrogens with zero attached hydrogens (tertiary/aromatic N) is 1. The number of hydrogen-bond donors (Lipinski definition) is 2. The van der Waals surface area contributed by atoms with Crippen LogP contribution in [0.1, 0.15) is 31.4 Å². The minimum absolute atomic E-state index is 0.0657. The number of benzene rings is 2. The van der Waals surface area contributed by atoms with E-state index < -0.39 is 6.61 Å². The van der Waals surface area contributed by atoms with E-state index in [4.69, 9.17) is 0 Å². The van der Waals surface area contributed by atoms with Crippen molar-refractivity contribution in [2.75, 3.05) is 23.3 Å². The number of nitrogens with one attached hydrogen (secondary N) is 2. The second-order valence-electron chi connectivity index (χ2n) is 6.48. The van der Waals surface area contributed by atoms with Crippen LogP contribution < -0.4 is 20.3 Å². The lowest BCUT2D eigenvalue weighted by atomic mass is 10.1. The SMILES string of the molecule is CC(NC(=O)Nc1ccccc1N1CCCC1)c1cccc(OC(F)F)c1. The molecule has 1 aliphatic heterocycles. The molecule has 3 rings (SSSR count). The summed E-state index contributed by atoms with van der Waals surface area (Å²) in [4.78, 5) is 14.7. The zero-order valence-corrected chi connectivity index (χ0v) is 15.1. The van der Waals surface area contributed by atoms with Crippen molar-refractivity contribution in [2.45, 2.75) is 32.4 Å². The Morgan fingerprint density at radius 1 is 1.11 bits per heavy atom. The molecular formula is C20H23F2N3O2. The van der Waals surface area contributed by atoms with Crippen LogP contribution >= 0.6 is 0 Å². The van der Waals surface area contributed by atoms with Gasteiger partial charge in [0.15, 0.2) is 0 Å². The van der Waals surface area contributed by atoms with Gasteiger partial charge in [0, 0.05) is 13.1 Å². The van der Waals surface area contributed by atoms with Crippen molar-refractivity contribution in [3.05, 3.63) is 54.1 Å². The Morgan fingerprint density at radius 2 is 1.85 bits per heavy atom. The lowest BCUT2D eigenvalue weighted by Gasteiger charge is -2.22. The Kier molecular flexibility index (Phi) is 6.11. The molecule has 0 radical (unpaired) electrons. The molecule has 0 saturated carbocycles. The Labute approximate surface area is 157 Å². The van der Waals surface area contributed by atoms with E-state index in [1.165, 1.54) is 12.1 Å². The summed E-state index contributed by atoms with van der Waals surface area (Å²) in [6.07, 6.45) is 2.29. The summed E-state index contributed by atoms with van der Waals surface area (Å²) < 4.78 is 29.1. The Balaban J connectivity index is 1.64. The fourth-order valence-corrected chi connectivity index (χ4v) is 3.21. The largest absolute Gasteiger partial charge is 0.435 e. The van der Waals surface area contributed by atoms with Crippen LogP contribution in [0.15, 0.2) is 48.5 Å². The van der Waals surface area contributed by atoms with Gasteiger partial charge in [-0.2, -0.15) is 8.78 Å². The molecule has 5 nitrogen and oxygen atoms in total. The number of urea groups is 1. The first-order chi connectivity index (χ1) is 13.0. The van der Waals surface area contributed by atoms with Crippen molar-refractivity contribution in [3.63, 3.8) is 0 Å². The second kappa shape index (κ2) is 8.70. The maximum Gasteiger partial charge on any atom is 0.387 e. The second-order valence-corrected chi connectivity index (χ2v) is 6.48. The summed E-state index contributed by atoms with van der Waals surface area (Å²) in [6.45, 7) is 0.864. The van der Waals surface area contributed by atoms with Crippen molar-refractivity contribution in [1.82, 2.24) is 5.32 Å². The Bertz CT molecular complexity index is 779. The van der Waals surface area contributed by atoms with E-state index in [9.17, 15) is 13.6 Å². The maximum absolute atomic E-state index is 12.4. The fraction of sp³-hybridized carbons (Fsp3) is 0.350. The zero-order valence-electron chi connectivity index (χ0n) is 15.1. The van der Waals surface area contributed by atoms with Gasteiger partial charge in [-0.05, 0) is 49.6 Å². The summed E-state index contributed by atoms with van der Waals surface area (Å²) in [6, 6.07) is 13.3. The van der Waals surface area contributed by atoms with Crippen LogP contribution in [0.2, 0.25) is 0 Å². The predicted molar refractivity (Wildman–Crippen MR) is 102 cm³/mol. The van der Waals surface area contributed by atoms with Crippen LogP contribution in [-0.4, -0.2) is 25.7 Å². The first-order valence-corrected chi connectivity index (χ1v) is 8.99. The summed E-state index contributed by atoms with van der Waals surface area (Å²) in [5, 5.41) is 5.72. The number of carbonyl (C=O) groups is 1. The van der Waals surface area contributed by atoms with E-state index >= 15 is 0 Å². The number of ether oxygens (including phenoxy) is 1. The van der Waals surface area contributed by atoms with E-state index in [2.05, 4.69) is 20.3 Å². The molecule has 2 amide bonds. The number of rotatable bonds is 6. The minimum atomic E-state index is -2.88. The number of alkyl halides is 2. The van der Waals surface area contributed by atoms with Crippen molar-refractivity contribution in [2.24, 2.45) is 0 Å². The minimum Gasteiger partial charge on any atom is -0.435 e. The standard InChI is InChI=1S/C20H23F2N3O2/c1-14(15-7-6-8-16(13-15)27-19(21)22)23-20(26)24-17-9-2-3-10-18(17)25-11-4-5-12-25/h2-3,6-10,13-14,19H,4-5,11-12H2,1H3,(H2,23,24,26). The van der Waals surface area contributed by atoms with Gasteiger partial charge in [-0.25, -0.2) is 4.79 Å². The van der Waals surface area contributed by atoms with E-state index in [0.29, 0.717) is 5.56 Å². The van der Waals surface area contributed by atoms with Gasteiger partial charge < -0.3 is 20.3 Å². The average molecular weight is 375 g/mol. The molecule has 0 aromatic heterocycles. The molecule has 7 heteroatoms. The highest BCUT2D eigenvalue weighted by Gasteiger charge is 2.17. The molecule has 144 valence electrons. The molecule has 27 heavy (non-hydrogen) atoms. The van der Waals surface area contributed by atoms with Gasteiger partial charge in [0.25, 0.3) is 0 Å². The van der Waals surface area contributed by atoms with Gasteiger partial charge in [-0.3, -0.25) is 0 Å². The summed E-state index contributed by atoms with van der Waals surface area (Å²) in [5.74, 6) is 0.0657. The summed E-state index contributed by atoms with van der Waals surface area (Å²) in [5.41, 5.74) is 2.43. The topological polar surface area (TPSA) is 53.6 Å². The first kappa shape index (κ1) is 18.9. The van der Waals surface area contributed by atoms with Gasteiger partial charge in [0.05, 0.1) is 17.4 Å². The molecule has 0 aliphatic carbocycles. The Hall–Kier alpha value is -2.83. The van der Waals surface area contributed by atoms with Crippen LogP contribution in [0.5, 0.6) is 5.75 Å². The number of carbonyl (C=O) groups excluding carboxylic acids is 1. The summed E-state index contributed by atoms with van der Waals surface area (Å²) >= 11 is 0. The highest BCUT2D eigenvalue weighted by molar-refractivity contribution is 5.93.